The lowest BCUT2D eigenvalue weighted by molar-refractivity contribution is -0.121. The van der Waals surface area contributed by atoms with Gasteiger partial charge in [-0.15, -0.1) is 0 Å². The van der Waals surface area contributed by atoms with Gasteiger partial charge >= 0.3 is 0 Å². The molecule has 1 heterocycles. The third kappa shape index (κ3) is 4.44. The fourth-order valence-electron chi connectivity index (χ4n) is 2.14. The van der Waals surface area contributed by atoms with Gasteiger partial charge in [0.25, 0.3) is 0 Å². The molecule has 2 rings (SSSR count). The molecule has 1 aromatic carbocycles. The van der Waals surface area contributed by atoms with E-state index in [1.54, 1.807) is 0 Å². The van der Waals surface area contributed by atoms with E-state index >= 15 is 0 Å². The van der Waals surface area contributed by atoms with Crippen molar-refractivity contribution in [1.82, 2.24) is 10.2 Å². The van der Waals surface area contributed by atoms with Crippen molar-refractivity contribution < 1.29 is 9.53 Å². The molecule has 1 fully saturated rings. The van der Waals surface area contributed by atoms with Gasteiger partial charge in [0.05, 0.1) is 18.8 Å². The van der Waals surface area contributed by atoms with E-state index in [0.717, 1.165) is 38.2 Å². The highest BCUT2D eigenvalue weighted by Crippen LogP contribution is 2.19. The summed E-state index contributed by atoms with van der Waals surface area (Å²) in [4.78, 5) is 13.6. The van der Waals surface area contributed by atoms with Crippen molar-refractivity contribution in [2.75, 3.05) is 38.5 Å². The summed E-state index contributed by atoms with van der Waals surface area (Å²) in [5.41, 5.74) is 6.46. The van der Waals surface area contributed by atoms with Crippen molar-refractivity contribution in [2.24, 2.45) is 0 Å². The molecule has 0 bridgehead atoms. The molecule has 5 nitrogen and oxygen atoms in total. The Balaban J connectivity index is 1.69. The lowest BCUT2D eigenvalue weighted by atomic mass is 10.3. The lowest BCUT2D eigenvalue weighted by Crippen LogP contribution is -2.34. The van der Waals surface area contributed by atoms with Crippen LogP contribution < -0.4 is 15.8 Å². The van der Waals surface area contributed by atoms with Crippen LogP contribution in [0.4, 0.5) is 5.69 Å². The Morgan fingerprint density at radius 1 is 1.37 bits per heavy atom. The summed E-state index contributed by atoms with van der Waals surface area (Å²) in [6.07, 6.45) is 1.90. The van der Waals surface area contributed by atoms with Gasteiger partial charge in [-0.05, 0) is 25.0 Å². The molecule has 0 aromatic heterocycles. The first-order chi connectivity index (χ1) is 9.25. The molecule has 3 N–H and O–H groups in total. The van der Waals surface area contributed by atoms with Gasteiger partial charge in [-0.3, -0.25) is 9.69 Å². The Hall–Kier alpha value is -1.75. The minimum atomic E-state index is 0.116. The highest BCUT2D eigenvalue weighted by Gasteiger charge is 2.13. The quantitative estimate of drug-likeness (QED) is 0.611. The SMILES string of the molecule is Nc1ccccc1OCCCN1CCCNC(=O)C1. The molecular weight excluding hydrogens is 242 g/mol. The summed E-state index contributed by atoms with van der Waals surface area (Å²) >= 11 is 0. The molecule has 0 spiro atoms. The average molecular weight is 263 g/mol. The smallest absolute Gasteiger partial charge is 0.234 e. The van der Waals surface area contributed by atoms with E-state index in [4.69, 9.17) is 10.5 Å². The second-order valence-corrected chi connectivity index (χ2v) is 4.72. The van der Waals surface area contributed by atoms with Gasteiger partial charge in [0.15, 0.2) is 0 Å². The third-order valence-corrected chi connectivity index (χ3v) is 3.14. The molecule has 1 saturated heterocycles. The minimum absolute atomic E-state index is 0.116. The molecule has 19 heavy (non-hydrogen) atoms. The van der Waals surface area contributed by atoms with Crippen molar-refractivity contribution in [3.05, 3.63) is 24.3 Å². The number of amides is 1. The van der Waals surface area contributed by atoms with Gasteiger partial charge < -0.3 is 15.8 Å². The van der Waals surface area contributed by atoms with Gasteiger partial charge in [0, 0.05) is 19.6 Å². The van der Waals surface area contributed by atoms with Crippen LogP contribution in [-0.2, 0) is 4.79 Å². The number of carbonyl (C=O) groups is 1. The number of hydrogen-bond donors (Lipinski definition) is 2. The molecule has 5 heteroatoms. The monoisotopic (exact) mass is 263 g/mol. The van der Waals surface area contributed by atoms with Gasteiger partial charge in [-0.1, -0.05) is 12.1 Å². The van der Waals surface area contributed by atoms with Crippen LogP contribution in [-0.4, -0.2) is 43.6 Å². The molecular formula is C14H21N3O2. The van der Waals surface area contributed by atoms with Crippen LogP contribution in [0.15, 0.2) is 24.3 Å². The zero-order valence-electron chi connectivity index (χ0n) is 11.1. The van der Waals surface area contributed by atoms with E-state index in [9.17, 15) is 4.79 Å². The van der Waals surface area contributed by atoms with Crippen molar-refractivity contribution in [1.29, 1.82) is 0 Å². The summed E-state index contributed by atoms with van der Waals surface area (Å²) in [7, 11) is 0. The highest BCUT2D eigenvalue weighted by atomic mass is 16.5. The lowest BCUT2D eigenvalue weighted by Gasteiger charge is -2.18. The van der Waals surface area contributed by atoms with E-state index in [1.165, 1.54) is 0 Å². The summed E-state index contributed by atoms with van der Waals surface area (Å²) in [5.74, 6) is 0.849. The number of para-hydroxylation sites is 2. The summed E-state index contributed by atoms with van der Waals surface area (Å²) < 4.78 is 5.63. The van der Waals surface area contributed by atoms with Gasteiger partial charge in [-0.2, -0.15) is 0 Å². The van der Waals surface area contributed by atoms with E-state index in [2.05, 4.69) is 10.2 Å². The van der Waals surface area contributed by atoms with Gasteiger partial charge in [0.1, 0.15) is 5.75 Å². The number of nitrogens with zero attached hydrogens (tertiary/aromatic N) is 1. The summed E-state index contributed by atoms with van der Waals surface area (Å²) in [6, 6.07) is 7.49. The molecule has 1 aliphatic rings. The molecule has 1 amide bonds. The number of anilines is 1. The van der Waals surface area contributed by atoms with Crippen LogP contribution in [0.25, 0.3) is 0 Å². The van der Waals surface area contributed by atoms with Gasteiger partial charge in [0.2, 0.25) is 5.91 Å². The van der Waals surface area contributed by atoms with Crippen LogP contribution in [0.1, 0.15) is 12.8 Å². The number of hydrogen-bond acceptors (Lipinski definition) is 4. The zero-order valence-corrected chi connectivity index (χ0v) is 11.1. The maximum Gasteiger partial charge on any atom is 0.234 e. The molecule has 1 aromatic rings. The van der Waals surface area contributed by atoms with Crippen molar-refractivity contribution >= 4 is 11.6 Å². The fraction of sp³-hybridized carbons (Fsp3) is 0.500. The van der Waals surface area contributed by atoms with Gasteiger partial charge in [-0.25, -0.2) is 0 Å². The Labute approximate surface area is 113 Å². The largest absolute Gasteiger partial charge is 0.491 e. The molecule has 1 aliphatic heterocycles. The van der Waals surface area contributed by atoms with Crippen LogP contribution in [0.2, 0.25) is 0 Å². The standard InChI is InChI=1S/C14H21N3O2/c15-12-5-1-2-6-13(12)19-10-4-9-17-8-3-7-16-14(18)11-17/h1-2,5-6H,3-4,7-11,15H2,(H,16,18). The Morgan fingerprint density at radius 2 is 2.21 bits per heavy atom. The van der Waals surface area contributed by atoms with E-state index in [1.807, 2.05) is 24.3 Å². The van der Waals surface area contributed by atoms with Crippen LogP contribution in [0.3, 0.4) is 0 Å². The second-order valence-electron chi connectivity index (χ2n) is 4.72. The predicted molar refractivity (Wildman–Crippen MR) is 75.0 cm³/mol. The number of carbonyl (C=O) groups excluding carboxylic acids is 1. The Morgan fingerprint density at radius 3 is 3.05 bits per heavy atom. The molecule has 0 atom stereocenters. The first-order valence-corrected chi connectivity index (χ1v) is 6.72. The van der Waals surface area contributed by atoms with Crippen molar-refractivity contribution in [2.45, 2.75) is 12.8 Å². The summed E-state index contributed by atoms with van der Waals surface area (Å²) in [6.45, 7) is 3.73. The minimum Gasteiger partial charge on any atom is -0.491 e. The first-order valence-electron chi connectivity index (χ1n) is 6.72. The number of nitrogen functional groups attached to an aromatic ring is 1. The van der Waals surface area contributed by atoms with Crippen molar-refractivity contribution in [3.8, 4) is 5.75 Å². The first kappa shape index (κ1) is 13.7. The van der Waals surface area contributed by atoms with Crippen LogP contribution >= 0.6 is 0 Å². The van der Waals surface area contributed by atoms with Crippen LogP contribution in [0.5, 0.6) is 5.75 Å². The second kappa shape index (κ2) is 6.99. The highest BCUT2D eigenvalue weighted by molar-refractivity contribution is 5.78. The maximum atomic E-state index is 11.4. The fourth-order valence-corrected chi connectivity index (χ4v) is 2.14. The topological polar surface area (TPSA) is 67.6 Å². The zero-order chi connectivity index (χ0) is 13.5. The van der Waals surface area contributed by atoms with E-state index in [0.29, 0.717) is 18.8 Å². The average Bonchev–Trinajstić information content (AvgIpc) is 2.61. The van der Waals surface area contributed by atoms with E-state index in [-0.39, 0.29) is 5.91 Å². The Kier molecular flexibility index (Phi) is 5.03. The van der Waals surface area contributed by atoms with Crippen molar-refractivity contribution in [3.63, 3.8) is 0 Å². The Bertz CT molecular complexity index is 423. The number of rotatable bonds is 5. The predicted octanol–water partition coefficient (Wildman–Crippen LogP) is 0.860. The number of ether oxygens (including phenoxy) is 1. The normalized spacial score (nSPS) is 16.7. The molecule has 0 radical (unpaired) electrons. The maximum absolute atomic E-state index is 11.4. The number of nitrogens with one attached hydrogen (secondary N) is 1. The molecule has 0 unspecified atom stereocenters. The third-order valence-electron chi connectivity index (χ3n) is 3.14. The number of benzene rings is 1. The van der Waals surface area contributed by atoms with Crippen LogP contribution in [0, 0.1) is 0 Å². The molecule has 104 valence electrons. The number of nitrogens with two attached hydrogens (primary N) is 1. The van der Waals surface area contributed by atoms with E-state index < -0.39 is 0 Å². The summed E-state index contributed by atoms with van der Waals surface area (Å²) in [5, 5.41) is 2.87. The molecule has 0 aliphatic carbocycles. The molecule has 0 saturated carbocycles.